The normalized spacial score (nSPS) is 25.2. The van der Waals surface area contributed by atoms with Gasteiger partial charge >= 0.3 is 0 Å². The minimum Gasteiger partial charge on any atom is -0.387 e. The summed E-state index contributed by atoms with van der Waals surface area (Å²) in [5.74, 6) is 0. The van der Waals surface area contributed by atoms with Crippen LogP contribution in [0.1, 0.15) is 39.5 Å². The Kier molecular flexibility index (Phi) is 1.77. The zero-order valence-corrected chi connectivity index (χ0v) is 6.72. The zero-order valence-electron chi connectivity index (χ0n) is 6.72. The molecule has 0 unspecified atom stereocenters. The molecule has 1 aliphatic rings. The van der Waals surface area contributed by atoms with Gasteiger partial charge in [-0.15, -0.1) is 0 Å². The van der Waals surface area contributed by atoms with Crippen molar-refractivity contribution >= 4 is 0 Å². The maximum atomic E-state index is 9.78. The van der Waals surface area contributed by atoms with E-state index in [0.29, 0.717) is 0 Å². The molecule has 0 aromatic carbocycles. The minimum atomic E-state index is -0.927. The van der Waals surface area contributed by atoms with Gasteiger partial charge in [-0.25, -0.2) is 0 Å². The Labute approximate surface area is 61.9 Å². The lowest BCUT2D eigenvalue weighted by Gasteiger charge is -2.35. The van der Waals surface area contributed by atoms with E-state index in [0.717, 1.165) is 25.7 Å². The minimum absolute atomic E-state index is 0.747. The molecule has 0 aromatic heterocycles. The summed E-state index contributed by atoms with van der Waals surface area (Å²) in [5, 5.41) is 19.3. The van der Waals surface area contributed by atoms with Gasteiger partial charge in [-0.1, -0.05) is 12.8 Å². The van der Waals surface area contributed by atoms with Crippen LogP contribution < -0.4 is 0 Å². The summed E-state index contributed by atoms with van der Waals surface area (Å²) >= 11 is 0. The zero-order chi connectivity index (χ0) is 7.83. The first kappa shape index (κ1) is 8.02. The standard InChI is InChI=1S/C8H16O2/c1-7(2,9)8(10)5-3-4-6-8/h9-10H,3-6H2,1-2H3. The summed E-state index contributed by atoms with van der Waals surface area (Å²) in [5.41, 5.74) is -1.74. The average Bonchev–Trinajstić information content (AvgIpc) is 2.13. The number of hydrogen-bond acceptors (Lipinski definition) is 2. The molecule has 0 aromatic rings. The summed E-state index contributed by atoms with van der Waals surface area (Å²) in [7, 11) is 0. The first-order valence-electron chi connectivity index (χ1n) is 3.90. The van der Waals surface area contributed by atoms with E-state index in [1.807, 2.05) is 0 Å². The van der Waals surface area contributed by atoms with Gasteiger partial charge < -0.3 is 10.2 Å². The van der Waals surface area contributed by atoms with Crippen LogP contribution in [0.4, 0.5) is 0 Å². The monoisotopic (exact) mass is 144 g/mol. The summed E-state index contributed by atoms with van der Waals surface area (Å²) < 4.78 is 0. The molecule has 2 nitrogen and oxygen atoms in total. The van der Waals surface area contributed by atoms with Gasteiger partial charge in [0.1, 0.15) is 0 Å². The van der Waals surface area contributed by atoms with Gasteiger partial charge in [-0.2, -0.15) is 0 Å². The lowest BCUT2D eigenvalue weighted by molar-refractivity contribution is -0.126. The van der Waals surface area contributed by atoms with Crippen molar-refractivity contribution in [3.05, 3.63) is 0 Å². The maximum Gasteiger partial charge on any atom is 0.0927 e. The summed E-state index contributed by atoms with van der Waals surface area (Å²) in [6.45, 7) is 3.36. The molecule has 0 heterocycles. The molecule has 0 atom stereocenters. The predicted octanol–water partition coefficient (Wildman–Crippen LogP) is 1.06. The largest absolute Gasteiger partial charge is 0.387 e. The highest BCUT2D eigenvalue weighted by atomic mass is 16.4. The topological polar surface area (TPSA) is 40.5 Å². The van der Waals surface area contributed by atoms with Crippen LogP contribution in [-0.2, 0) is 0 Å². The lowest BCUT2D eigenvalue weighted by atomic mass is 9.85. The summed E-state index contributed by atoms with van der Waals surface area (Å²) in [6, 6.07) is 0. The van der Waals surface area contributed by atoms with E-state index in [2.05, 4.69) is 0 Å². The van der Waals surface area contributed by atoms with Crippen molar-refractivity contribution in [3.8, 4) is 0 Å². The molecule has 1 aliphatic carbocycles. The highest BCUT2D eigenvalue weighted by molar-refractivity contribution is 4.96. The van der Waals surface area contributed by atoms with Gasteiger partial charge in [0, 0.05) is 0 Å². The van der Waals surface area contributed by atoms with Crippen molar-refractivity contribution in [2.45, 2.75) is 50.7 Å². The predicted molar refractivity (Wildman–Crippen MR) is 39.7 cm³/mol. The molecule has 2 N–H and O–H groups in total. The van der Waals surface area contributed by atoms with Crippen LogP contribution in [0.15, 0.2) is 0 Å². The van der Waals surface area contributed by atoms with Crippen molar-refractivity contribution < 1.29 is 10.2 Å². The van der Waals surface area contributed by atoms with Crippen LogP contribution in [-0.4, -0.2) is 21.4 Å². The fourth-order valence-corrected chi connectivity index (χ4v) is 1.57. The smallest absolute Gasteiger partial charge is 0.0927 e. The Morgan fingerprint density at radius 1 is 1.20 bits per heavy atom. The molecular formula is C8H16O2. The van der Waals surface area contributed by atoms with Crippen molar-refractivity contribution in [3.63, 3.8) is 0 Å². The number of aliphatic hydroxyl groups is 2. The van der Waals surface area contributed by atoms with Crippen molar-refractivity contribution in [1.29, 1.82) is 0 Å². The second-order valence-corrected chi connectivity index (χ2v) is 3.80. The average molecular weight is 144 g/mol. The number of rotatable bonds is 1. The Balaban J connectivity index is 2.67. The van der Waals surface area contributed by atoms with E-state index in [9.17, 15) is 10.2 Å². The molecule has 0 spiro atoms. The Bertz CT molecular complexity index is 118. The van der Waals surface area contributed by atoms with Crippen molar-refractivity contribution in [2.24, 2.45) is 0 Å². The van der Waals surface area contributed by atoms with Crippen LogP contribution >= 0.6 is 0 Å². The Morgan fingerprint density at radius 3 is 1.80 bits per heavy atom. The lowest BCUT2D eigenvalue weighted by Crippen LogP contribution is -2.47. The van der Waals surface area contributed by atoms with Gasteiger partial charge in [0.2, 0.25) is 0 Å². The SMILES string of the molecule is CC(C)(O)C1(O)CCCC1. The third kappa shape index (κ3) is 1.18. The number of hydrogen-bond donors (Lipinski definition) is 2. The van der Waals surface area contributed by atoms with Gasteiger partial charge in [0.25, 0.3) is 0 Å². The molecule has 60 valence electrons. The molecule has 2 heteroatoms. The maximum absolute atomic E-state index is 9.78. The molecule has 1 fully saturated rings. The first-order chi connectivity index (χ1) is 4.46. The molecule has 1 rings (SSSR count). The van der Waals surface area contributed by atoms with Gasteiger partial charge in [-0.05, 0) is 26.7 Å². The van der Waals surface area contributed by atoms with E-state index in [1.54, 1.807) is 13.8 Å². The Morgan fingerprint density at radius 2 is 1.60 bits per heavy atom. The summed E-state index contributed by atoms with van der Waals surface area (Å²) in [6.07, 6.45) is 3.58. The Hall–Kier alpha value is -0.0800. The third-order valence-corrected chi connectivity index (χ3v) is 2.57. The molecule has 0 amide bonds. The van der Waals surface area contributed by atoms with E-state index >= 15 is 0 Å². The first-order valence-corrected chi connectivity index (χ1v) is 3.90. The third-order valence-electron chi connectivity index (χ3n) is 2.57. The van der Waals surface area contributed by atoms with Gasteiger partial charge in [0.05, 0.1) is 11.2 Å². The second-order valence-electron chi connectivity index (χ2n) is 3.80. The van der Waals surface area contributed by atoms with Crippen LogP contribution in [0.5, 0.6) is 0 Å². The van der Waals surface area contributed by atoms with E-state index < -0.39 is 11.2 Å². The molecule has 10 heavy (non-hydrogen) atoms. The second kappa shape index (κ2) is 2.21. The quantitative estimate of drug-likeness (QED) is 0.577. The fraction of sp³-hybridized carbons (Fsp3) is 1.00. The molecular weight excluding hydrogens is 128 g/mol. The van der Waals surface area contributed by atoms with Crippen LogP contribution in [0.2, 0.25) is 0 Å². The van der Waals surface area contributed by atoms with E-state index in [4.69, 9.17) is 0 Å². The molecule has 0 radical (unpaired) electrons. The van der Waals surface area contributed by atoms with Gasteiger partial charge in [-0.3, -0.25) is 0 Å². The highest BCUT2D eigenvalue weighted by Gasteiger charge is 2.43. The van der Waals surface area contributed by atoms with Crippen LogP contribution in [0.3, 0.4) is 0 Å². The highest BCUT2D eigenvalue weighted by Crippen LogP contribution is 2.37. The van der Waals surface area contributed by atoms with Gasteiger partial charge in [0.15, 0.2) is 0 Å². The fourth-order valence-electron chi connectivity index (χ4n) is 1.57. The molecule has 0 aliphatic heterocycles. The van der Waals surface area contributed by atoms with E-state index in [1.165, 1.54) is 0 Å². The van der Waals surface area contributed by atoms with Crippen LogP contribution in [0.25, 0.3) is 0 Å². The van der Waals surface area contributed by atoms with Crippen molar-refractivity contribution in [1.82, 2.24) is 0 Å². The van der Waals surface area contributed by atoms with E-state index in [-0.39, 0.29) is 0 Å². The van der Waals surface area contributed by atoms with Crippen LogP contribution in [0, 0.1) is 0 Å². The molecule has 1 saturated carbocycles. The summed E-state index contributed by atoms with van der Waals surface area (Å²) in [4.78, 5) is 0. The molecule has 0 bridgehead atoms. The van der Waals surface area contributed by atoms with Crippen molar-refractivity contribution in [2.75, 3.05) is 0 Å². The molecule has 0 saturated heterocycles.